The summed E-state index contributed by atoms with van der Waals surface area (Å²) in [7, 11) is 0. The van der Waals surface area contributed by atoms with Gasteiger partial charge in [0.2, 0.25) is 0 Å². The summed E-state index contributed by atoms with van der Waals surface area (Å²) in [6.07, 6.45) is 13.0. The maximum absolute atomic E-state index is 12.9. The van der Waals surface area contributed by atoms with Gasteiger partial charge in [-0.3, -0.25) is 4.79 Å². The summed E-state index contributed by atoms with van der Waals surface area (Å²) in [5.41, 5.74) is 3.06. The average molecular weight is 425 g/mol. The van der Waals surface area contributed by atoms with Gasteiger partial charge in [0.1, 0.15) is 5.78 Å². The van der Waals surface area contributed by atoms with E-state index < -0.39 is 0 Å². The Balaban J connectivity index is 1.55. The van der Waals surface area contributed by atoms with Crippen molar-refractivity contribution in [3.05, 3.63) is 12.2 Å². The summed E-state index contributed by atoms with van der Waals surface area (Å²) < 4.78 is 0. The van der Waals surface area contributed by atoms with Crippen molar-refractivity contribution in [2.24, 2.45) is 56.7 Å². The summed E-state index contributed by atoms with van der Waals surface area (Å²) >= 11 is 0. The Hall–Kier alpha value is -0.590. The van der Waals surface area contributed by atoms with Crippen LogP contribution in [0, 0.1) is 56.7 Å². The Kier molecular flexibility index (Phi) is 4.66. The monoisotopic (exact) mass is 424 g/mol. The topological polar surface area (TPSA) is 17.1 Å². The first-order valence-corrected chi connectivity index (χ1v) is 13.5. The van der Waals surface area contributed by atoms with E-state index in [-0.39, 0.29) is 5.41 Å². The molecule has 1 nitrogen and oxygen atoms in total. The van der Waals surface area contributed by atoms with Gasteiger partial charge in [-0.25, -0.2) is 0 Å². The van der Waals surface area contributed by atoms with Gasteiger partial charge in [-0.05, 0) is 116 Å². The van der Waals surface area contributed by atoms with Crippen molar-refractivity contribution in [2.45, 2.75) is 113 Å². The van der Waals surface area contributed by atoms with E-state index in [2.05, 4.69) is 55.0 Å². The first kappa shape index (κ1) is 22.2. The van der Waals surface area contributed by atoms with Crippen molar-refractivity contribution in [2.75, 3.05) is 0 Å². The van der Waals surface area contributed by atoms with Crippen molar-refractivity contribution in [1.29, 1.82) is 0 Å². The Morgan fingerprint density at radius 1 is 0.806 bits per heavy atom. The zero-order valence-electron chi connectivity index (χ0n) is 21.6. The highest BCUT2D eigenvalue weighted by molar-refractivity contribution is 5.85. The molecule has 0 heterocycles. The first-order valence-electron chi connectivity index (χ1n) is 13.5. The summed E-state index contributed by atoms with van der Waals surface area (Å²) in [4.78, 5) is 12.9. The highest BCUT2D eigenvalue weighted by Crippen LogP contribution is 2.77. The Morgan fingerprint density at radius 3 is 2.19 bits per heavy atom. The van der Waals surface area contributed by atoms with Crippen LogP contribution >= 0.6 is 0 Å². The zero-order valence-corrected chi connectivity index (χ0v) is 21.6. The van der Waals surface area contributed by atoms with E-state index in [0.29, 0.717) is 33.4 Å². The second kappa shape index (κ2) is 6.50. The Labute approximate surface area is 192 Å². The molecular formula is C30H48O. The number of carbonyl (C=O) groups is 1. The normalized spacial score (nSPS) is 55.6. The van der Waals surface area contributed by atoms with Crippen molar-refractivity contribution in [1.82, 2.24) is 0 Å². The van der Waals surface area contributed by atoms with Crippen LogP contribution in [0.5, 0.6) is 0 Å². The molecule has 174 valence electrons. The number of Topliss-reactive ketones (excluding diaryl/α,β-unsaturated/α-hetero) is 1. The predicted molar refractivity (Wildman–Crippen MR) is 130 cm³/mol. The molecule has 0 saturated heterocycles. The minimum absolute atomic E-state index is 0.131. The van der Waals surface area contributed by atoms with Gasteiger partial charge in [0, 0.05) is 11.8 Å². The molecule has 9 atom stereocenters. The molecule has 0 aromatic heterocycles. The van der Waals surface area contributed by atoms with Crippen LogP contribution in [0.1, 0.15) is 113 Å². The molecule has 0 N–H and O–H groups in total. The summed E-state index contributed by atoms with van der Waals surface area (Å²) in [5, 5.41) is 0. The molecule has 0 spiro atoms. The molecule has 5 aliphatic rings. The second-order valence-electron chi connectivity index (χ2n) is 14.5. The summed E-state index contributed by atoms with van der Waals surface area (Å²) in [6.45, 7) is 22.0. The van der Waals surface area contributed by atoms with Gasteiger partial charge < -0.3 is 0 Å². The van der Waals surface area contributed by atoms with Gasteiger partial charge >= 0.3 is 0 Å². The maximum Gasteiger partial charge on any atom is 0.138 e. The molecule has 0 aliphatic heterocycles. The maximum atomic E-state index is 12.9. The average Bonchev–Trinajstić information content (AvgIpc) is 3.04. The number of ketones is 1. The van der Waals surface area contributed by atoms with E-state index in [1.165, 1.54) is 56.9 Å². The molecule has 31 heavy (non-hydrogen) atoms. The molecule has 5 fully saturated rings. The quantitative estimate of drug-likeness (QED) is 0.387. The highest BCUT2D eigenvalue weighted by Gasteiger charge is 2.70. The van der Waals surface area contributed by atoms with Crippen molar-refractivity contribution < 1.29 is 4.79 Å². The van der Waals surface area contributed by atoms with Gasteiger partial charge in [0.05, 0.1) is 0 Å². The highest BCUT2D eigenvalue weighted by atomic mass is 16.1. The van der Waals surface area contributed by atoms with Crippen LogP contribution in [0.2, 0.25) is 0 Å². The van der Waals surface area contributed by atoms with Crippen molar-refractivity contribution in [3.63, 3.8) is 0 Å². The van der Waals surface area contributed by atoms with E-state index in [9.17, 15) is 4.79 Å². The van der Waals surface area contributed by atoms with E-state index >= 15 is 0 Å². The molecule has 0 bridgehead atoms. The first-order chi connectivity index (χ1) is 14.3. The molecule has 0 aromatic rings. The number of carbonyl (C=O) groups excluding carboxylic acids is 1. The fourth-order valence-corrected chi connectivity index (χ4v) is 11.3. The molecule has 5 rings (SSSR count). The molecule has 0 radical (unpaired) electrons. The Morgan fingerprint density at radius 2 is 1.52 bits per heavy atom. The SMILES string of the molecule is C=C(C)[C@@H]1CC[C@]2(C)CC[C@]3(C)[C@H](CC[C@@H]4[C@]5(C)CCC(=O)C(C)(C)[C@@H]5CC[C@]43C)[C@@H]12. The van der Waals surface area contributed by atoms with E-state index in [1.54, 1.807) is 0 Å². The van der Waals surface area contributed by atoms with Crippen molar-refractivity contribution >= 4 is 5.78 Å². The Bertz CT molecular complexity index is 807. The number of hydrogen-bond donors (Lipinski definition) is 0. The third kappa shape index (κ3) is 2.59. The molecular weight excluding hydrogens is 376 g/mol. The fraction of sp³-hybridized carbons (Fsp3) is 0.900. The lowest BCUT2D eigenvalue weighted by atomic mass is 9.32. The van der Waals surface area contributed by atoms with Crippen LogP contribution in [-0.4, -0.2) is 5.78 Å². The van der Waals surface area contributed by atoms with Gasteiger partial charge in [0.25, 0.3) is 0 Å². The lowest BCUT2D eigenvalue weighted by molar-refractivity contribution is -0.232. The molecule has 5 aliphatic carbocycles. The van der Waals surface area contributed by atoms with Crippen LogP contribution < -0.4 is 0 Å². The lowest BCUT2D eigenvalue weighted by Crippen LogP contribution is -2.66. The van der Waals surface area contributed by atoms with Crippen LogP contribution in [0.3, 0.4) is 0 Å². The summed E-state index contributed by atoms with van der Waals surface area (Å²) in [5.74, 6) is 4.33. The number of allylic oxidation sites excluding steroid dienone is 1. The smallest absolute Gasteiger partial charge is 0.138 e. The van der Waals surface area contributed by atoms with Gasteiger partial charge in [-0.2, -0.15) is 0 Å². The standard InChI is InChI=1S/C30H48O/c1-19(2)20-11-14-27(5)17-18-29(7)21(25(20)27)9-10-23-28(6)15-13-24(31)26(3,4)22(28)12-16-30(23,29)8/h20-23,25H,1,9-18H2,2-8H3/t20-,21+,22-,23+,25+,27+,28+,29+,30+/m0/s1. The lowest BCUT2D eigenvalue weighted by Gasteiger charge is -2.72. The fourth-order valence-electron chi connectivity index (χ4n) is 11.3. The predicted octanol–water partition coefficient (Wildman–Crippen LogP) is 8.23. The minimum Gasteiger partial charge on any atom is -0.299 e. The zero-order chi connectivity index (χ0) is 22.6. The van der Waals surface area contributed by atoms with E-state index in [1.807, 2.05) is 0 Å². The van der Waals surface area contributed by atoms with Gasteiger partial charge in [0.15, 0.2) is 0 Å². The van der Waals surface area contributed by atoms with Gasteiger partial charge in [-0.15, -0.1) is 0 Å². The summed E-state index contributed by atoms with van der Waals surface area (Å²) in [6, 6.07) is 0. The van der Waals surface area contributed by atoms with Gasteiger partial charge in [-0.1, -0.05) is 53.7 Å². The van der Waals surface area contributed by atoms with Crippen LogP contribution in [0.4, 0.5) is 0 Å². The van der Waals surface area contributed by atoms with Crippen LogP contribution in [0.25, 0.3) is 0 Å². The van der Waals surface area contributed by atoms with E-state index in [0.717, 1.165) is 36.5 Å². The largest absolute Gasteiger partial charge is 0.299 e. The molecule has 0 amide bonds. The van der Waals surface area contributed by atoms with Crippen LogP contribution in [-0.2, 0) is 4.79 Å². The minimum atomic E-state index is -0.131. The van der Waals surface area contributed by atoms with Crippen LogP contribution in [0.15, 0.2) is 12.2 Å². The molecule has 0 aromatic carbocycles. The number of fused-ring (bicyclic) bond motifs is 7. The number of rotatable bonds is 1. The molecule has 1 heteroatoms. The van der Waals surface area contributed by atoms with E-state index in [4.69, 9.17) is 0 Å². The molecule has 5 saturated carbocycles. The second-order valence-corrected chi connectivity index (χ2v) is 14.5. The molecule has 0 unspecified atom stereocenters. The number of hydrogen-bond acceptors (Lipinski definition) is 1. The third-order valence-corrected chi connectivity index (χ3v) is 13.2. The van der Waals surface area contributed by atoms with Crippen molar-refractivity contribution in [3.8, 4) is 0 Å². The third-order valence-electron chi connectivity index (χ3n) is 13.2.